The molecule has 2 heterocycles. The van der Waals surface area contributed by atoms with Gasteiger partial charge in [0.15, 0.2) is 9.84 Å². The Morgan fingerprint density at radius 3 is 2.53 bits per heavy atom. The van der Waals surface area contributed by atoms with Crippen LogP contribution in [0.3, 0.4) is 0 Å². The molecule has 0 unspecified atom stereocenters. The minimum Gasteiger partial charge on any atom is -0.491 e. The van der Waals surface area contributed by atoms with Crippen LogP contribution in [-0.2, 0) is 30.7 Å². The molecule has 1 N–H and O–H groups in total. The van der Waals surface area contributed by atoms with Crippen molar-refractivity contribution in [3.05, 3.63) is 82.4 Å². The van der Waals surface area contributed by atoms with Gasteiger partial charge in [0.05, 0.1) is 22.3 Å². The second-order valence-electron chi connectivity index (χ2n) is 11.5. The fourth-order valence-corrected chi connectivity index (χ4v) is 7.38. The fourth-order valence-electron chi connectivity index (χ4n) is 5.64. The number of ether oxygens (including phenoxy) is 3. The molecule has 5 rings (SSSR count). The molecule has 240 valence electrons. The van der Waals surface area contributed by atoms with Crippen molar-refractivity contribution in [2.24, 2.45) is 0 Å². The van der Waals surface area contributed by atoms with Gasteiger partial charge in [-0.25, -0.2) is 8.42 Å². The number of fused-ring (bicyclic) bond motifs is 1. The van der Waals surface area contributed by atoms with Crippen LogP contribution in [0.1, 0.15) is 43.7 Å². The van der Waals surface area contributed by atoms with Gasteiger partial charge in [0.25, 0.3) is 5.91 Å². The summed E-state index contributed by atoms with van der Waals surface area (Å²) in [5.74, 6) is 0.155. The third-order valence-electron chi connectivity index (χ3n) is 8.16. The number of nitrogens with zero attached hydrogens (tertiary/aromatic N) is 1. The third kappa shape index (κ3) is 8.74. The fraction of sp³-hybridized carbons (Fsp3) is 0.400. The van der Waals surface area contributed by atoms with Gasteiger partial charge in [-0.05, 0) is 98.0 Å². The maximum absolute atomic E-state index is 13.4. The van der Waals surface area contributed by atoms with E-state index in [-0.39, 0.29) is 23.0 Å². The second kappa shape index (κ2) is 15.4. The van der Waals surface area contributed by atoms with Crippen LogP contribution in [0.15, 0.2) is 71.1 Å². The summed E-state index contributed by atoms with van der Waals surface area (Å²) in [5, 5.41) is 3.43. The van der Waals surface area contributed by atoms with Gasteiger partial charge in [-0.2, -0.15) is 0 Å². The van der Waals surface area contributed by atoms with E-state index in [0.29, 0.717) is 53.5 Å². The Bertz CT molecular complexity index is 1620. The number of carbonyl (C=O) groups excluding carboxylic acids is 1. The molecule has 3 aromatic carbocycles. The zero-order valence-corrected chi connectivity index (χ0v) is 27.5. The van der Waals surface area contributed by atoms with Crippen molar-refractivity contribution in [3.8, 4) is 16.9 Å². The molecule has 0 aromatic heterocycles. The average molecular weight is 653 g/mol. The monoisotopic (exact) mass is 652 g/mol. The Balaban J connectivity index is 1.29. The number of sulfone groups is 1. The molecule has 0 spiro atoms. The molecular formula is C35H41ClN2O6S. The molecule has 2 aliphatic heterocycles. The Labute approximate surface area is 271 Å². The van der Waals surface area contributed by atoms with Crippen LogP contribution in [0.4, 0.5) is 5.69 Å². The normalized spacial score (nSPS) is 16.5. The minimum absolute atomic E-state index is 0.112. The lowest BCUT2D eigenvalue weighted by molar-refractivity contribution is -0.112. The van der Waals surface area contributed by atoms with Gasteiger partial charge in [0.2, 0.25) is 0 Å². The highest BCUT2D eigenvalue weighted by Crippen LogP contribution is 2.35. The average Bonchev–Trinajstić information content (AvgIpc) is 3.17. The Kier molecular flexibility index (Phi) is 11.3. The van der Waals surface area contributed by atoms with E-state index < -0.39 is 9.84 Å². The van der Waals surface area contributed by atoms with E-state index in [1.807, 2.05) is 36.4 Å². The lowest BCUT2D eigenvalue weighted by Gasteiger charge is -2.31. The highest BCUT2D eigenvalue weighted by Gasteiger charge is 2.25. The van der Waals surface area contributed by atoms with E-state index in [2.05, 4.69) is 24.2 Å². The zero-order valence-electron chi connectivity index (χ0n) is 25.9. The SMILES string of the molecule is CCCOCCOc1ccc(-c2ccc3c(c2)C=C(C(=O)Nc2ccc(CN(C)C4CCOCC4)cc2)CCS3(=O)=O)c(Cl)c1. The van der Waals surface area contributed by atoms with Crippen LogP contribution in [0.25, 0.3) is 17.2 Å². The summed E-state index contributed by atoms with van der Waals surface area (Å²) < 4.78 is 43.0. The lowest BCUT2D eigenvalue weighted by Crippen LogP contribution is -2.36. The van der Waals surface area contributed by atoms with E-state index in [1.165, 1.54) is 0 Å². The van der Waals surface area contributed by atoms with E-state index in [9.17, 15) is 13.2 Å². The number of rotatable bonds is 12. The van der Waals surface area contributed by atoms with Crippen LogP contribution in [0.5, 0.6) is 5.75 Å². The molecule has 8 nitrogen and oxygen atoms in total. The first kappa shape index (κ1) is 33.2. The maximum atomic E-state index is 13.4. The molecule has 0 bridgehead atoms. The highest BCUT2D eigenvalue weighted by atomic mass is 35.5. The first-order valence-corrected chi connectivity index (χ1v) is 17.5. The van der Waals surface area contributed by atoms with Gasteiger partial charge in [-0.1, -0.05) is 36.7 Å². The summed E-state index contributed by atoms with van der Waals surface area (Å²) in [4.78, 5) is 15.9. The molecule has 2 aliphatic rings. The number of benzene rings is 3. The Hall–Kier alpha value is -3.21. The first-order chi connectivity index (χ1) is 21.7. The van der Waals surface area contributed by atoms with Gasteiger partial charge in [0.1, 0.15) is 12.4 Å². The lowest BCUT2D eigenvalue weighted by atomic mass is 10.0. The van der Waals surface area contributed by atoms with Crippen molar-refractivity contribution in [2.75, 3.05) is 51.2 Å². The summed E-state index contributed by atoms with van der Waals surface area (Å²) in [6.45, 7) is 6.07. The van der Waals surface area contributed by atoms with Crippen LogP contribution >= 0.6 is 11.6 Å². The Morgan fingerprint density at radius 1 is 1.02 bits per heavy atom. The molecule has 1 fully saturated rings. The molecule has 1 saturated heterocycles. The van der Waals surface area contributed by atoms with Gasteiger partial charge in [-0.3, -0.25) is 9.69 Å². The zero-order chi connectivity index (χ0) is 31.8. The summed E-state index contributed by atoms with van der Waals surface area (Å²) in [7, 11) is -1.46. The molecule has 0 radical (unpaired) electrons. The van der Waals surface area contributed by atoms with E-state index in [1.54, 1.807) is 30.3 Å². The number of nitrogens with one attached hydrogen (secondary N) is 1. The van der Waals surface area contributed by atoms with Gasteiger partial charge < -0.3 is 19.5 Å². The van der Waals surface area contributed by atoms with Crippen molar-refractivity contribution in [3.63, 3.8) is 0 Å². The molecule has 0 aliphatic carbocycles. The summed E-state index contributed by atoms with van der Waals surface area (Å²) >= 11 is 6.63. The molecule has 10 heteroatoms. The van der Waals surface area contributed by atoms with Gasteiger partial charge in [0, 0.05) is 49.2 Å². The van der Waals surface area contributed by atoms with E-state index in [4.69, 9.17) is 25.8 Å². The predicted octanol–water partition coefficient (Wildman–Crippen LogP) is 6.62. The number of hydrogen-bond donors (Lipinski definition) is 1. The summed E-state index contributed by atoms with van der Waals surface area (Å²) in [5.41, 5.74) is 4.15. The van der Waals surface area contributed by atoms with Crippen molar-refractivity contribution in [2.45, 2.75) is 50.1 Å². The molecule has 45 heavy (non-hydrogen) atoms. The number of anilines is 1. The molecule has 3 aromatic rings. The first-order valence-electron chi connectivity index (χ1n) is 15.5. The number of carbonyl (C=O) groups is 1. The van der Waals surface area contributed by atoms with Crippen LogP contribution in [0.2, 0.25) is 5.02 Å². The summed E-state index contributed by atoms with van der Waals surface area (Å²) in [6.07, 6.45) is 4.81. The maximum Gasteiger partial charge on any atom is 0.251 e. The standard InChI is InChI=1S/C35H41ClN2O6S/c1-3-15-42-18-19-44-31-9-10-32(33(36)23-31)26-6-11-34-28(21-26)22-27(14-20-45(34,40)41)35(39)37-29-7-4-25(5-8-29)24-38(2)30-12-16-43-17-13-30/h4-11,21-23,30H,3,12-20,24H2,1-2H3,(H,37,39). The van der Waals surface area contributed by atoms with E-state index >= 15 is 0 Å². The number of halogens is 1. The van der Waals surface area contributed by atoms with Crippen molar-refractivity contribution in [1.82, 2.24) is 4.90 Å². The topological polar surface area (TPSA) is 94.2 Å². The Morgan fingerprint density at radius 2 is 1.80 bits per heavy atom. The van der Waals surface area contributed by atoms with Crippen LogP contribution in [-0.4, -0.2) is 71.1 Å². The molecule has 1 amide bonds. The molecular weight excluding hydrogens is 612 g/mol. The largest absolute Gasteiger partial charge is 0.491 e. The van der Waals surface area contributed by atoms with Crippen LogP contribution in [0, 0.1) is 0 Å². The third-order valence-corrected chi connectivity index (χ3v) is 10.3. The van der Waals surface area contributed by atoms with E-state index in [0.717, 1.165) is 55.7 Å². The quantitative estimate of drug-likeness (QED) is 0.220. The number of hydrogen-bond acceptors (Lipinski definition) is 7. The van der Waals surface area contributed by atoms with Gasteiger partial charge >= 0.3 is 0 Å². The van der Waals surface area contributed by atoms with Crippen molar-refractivity contribution in [1.29, 1.82) is 0 Å². The van der Waals surface area contributed by atoms with Crippen LogP contribution < -0.4 is 10.1 Å². The smallest absolute Gasteiger partial charge is 0.251 e. The number of amides is 1. The minimum atomic E-state index is -3.59. The highest BCUT2D eigenvalue weighted by molar-refractivity contribution is 7.91. The second-order valence-corrected chi connectivity index (χ2v) is 14.0. The van der Waals surface area contributed by atoms with Crippen molar-refractivity contribution >= 4 is 39.1 Å². The summed E-state index contributed by atoms with van der Waals surface area (Å²) in [6, 6.07) is 18.8. The predicted molar refractivity (Wildman–Crippen MR) is 179 cm³/mol. The molecule has 0 saturated carbocycles. The molecule has 0 atom stereocenters. The van der Waals surface area contributed by atoms with Gasteiger partial charge in [-0.15, -0.1) is 0 Å². The van der Waals surface area contributed by atoms with Crippen molar-refractivity contribution < 1.29 is 27.4 Å².